The number of nitrogens with one attached hydrogen (secondary N) is 2. The second kappa shape index (κ2) is 4.75. The lowest BCUT2D eigenvalue weighted by Gasteiger charge is -2.37. The standard InChI is InChI=1S/C13H19N3O/c1-9(8-14-3)16-12-7-5-4-6-11(12)15-10(2)13(16)17/h4-7,9-10,14-15H,8H2,1-3H3. The molecule has 92 valence electrons. The summed E-state index contributed by atoms with van der Waals surface area (Å²) in [6.45, 7) is 4.74. The fourth-order valence-corrected chi connectivity index (χ4v) is 2.27. The van der Waals surface area contributed by atoms with Crippen molar-refractivity contribution in [2.75, 3.05) is 23.8 Å². The summed E-state index contributed by atoms with van der Waals surface area (Å²) in [4.78, 5) is 14.1. The summed E-state index contributed by atoms with van der Waals surface area (Å²) < 4.78 is 0. The fraction of sp³-hybridized carbons (Fsp3) is 0.462. The number of likely N-dealkylation sites (N-methyl/N-ethyl adjacent to an activating group) is 1. The minimum atomic E-state index is -0.163. The topological polar surface area (TPSA) is 44.4 Å². The predicted octanol–water partition coefficient (Wildman–Crippen LogP) is 1.44. The molecule has 17 heavy (non-hydrogen) atoms. The Hall–Kier alpha value is -1.55. The lowest BCUT2D eigenvalue weighted by atomic mass is 10.1. The molecule has 1 aliphatic rings. The molecule has 1 heterocycles. The van der Waals surface area contributed by atoms with Gasteiger partial charge >= 0.3 is 0 Å². The molecule has 0 saturated carbocycles. The van der Waals surface area contributed by atoms with Crippen molar-refractivity contribution in [3.8, 4) is 0 Å². The molecule has 4 nitrogen and oxygen atoms in total. The quantitative estimate of drug-likeness (QED) is 0.830. The number of hydrogen-bond acceptors (Lipinski definition) is 3. The Balaban J connectivity index is 2.38. The van der Waals surface area contributed by atoms with Crippen LogP contribution in [0, 0.1) is 0 Å². The molecule has 0 aromatic heterocycles. The molecule has 2 N–H and O–H groups in total. The van der Waals surface area contributed by atoms with Gasteiger partial charge in [0.1, 0.15) is 6.04 Å². The van der Waals surface area contributed by atoms with E-state index in [1.165, 1.54) is 0 Å². The summed E-state index contributed by atoms with van der Waals surface area (Å²) in [5, 5.41) is 6.34. The van der Waals surface area contributed by atoms with Crippen molar-refractivity contribution in [2.24, 2.45) is 0 Å². The number of carbonyl (C=O) groups is 1. The summed E-state index contributed by atoms with van der Waals surface area (Å²) >= 11 is 0. The maximum atomic E-state index is 12.2. The molecule has 0 radical (unpaired) electrons. The summed E-state index contributed by atoms with van der Waals surface area (Å²) in [5.41, 5.74) is 2.00. The molecule has 2 atom stereocenters. The molecule has 0 spiro atoms. The van der Waals surface area contributed by atoms with Crippen LogP contribution in [0.4, 0.5) is 11.4 Å². The van der Waals surface area contributed by atoms with E-state index in [1.54, 1.807) is 0 Å². The lowest BCUT2D eigenvalue weighted by Crippen LogP contribution is -2.52. The van der Waals surface area contributed by atoms with E-state index in [-0.39, 0.29) is 18.0 Å². The SMILES string of the molecule is CNCC(C)N1C(=O)C(C)Nc2ccccc21. The molecule has 4 heteroatoms. The first-order valence-corrected chi connectivity index (χ1v) is 5.98. The number of fused-ring (bicyclic) bond motifs is 1. The van der Waals surface area contributed by atoms with Gasteiger partial charge in [-0.3, -0.25) is 4.79 Å². The first-order valence-electron chi connectivity index (χ1n) is 5.98. The molecule has 0 fully saturated rings. The number of hydrogen-bond donors (Lipinski definition) is 2. The van der Waals surface area contributed by atoms with E-state index in [9.17, 15) is 4.79 Å². The van der Waals surface area contributed by atoms with Gasteiger partial charge in [-0.2, -0.15) is 0 Å². The van der Waals surface area contributed by atoms with Gasteiger partial charge in [-0.1, -0.05) is 12.1 Å². The zero-order valence-electron chi connectivity index (χ0n) is 10.5. The van der Waals surface area contributed by atoms with Crippen molar-refractivity contribution < 1.29 is 4.79 Å². The Kier molecular flexibility index (Phi) is 3.33. The van der Waals surface area contributed by atoms with Crippen LogP contribution in [-0.2, 0) is 4.79 Å². The van der Waals surface area contributed by atoms with Crippen LogP contribution in [0.5, 0.6) is 0 Å². The highest BCUT2D eigenvalue weighted by atomic mass is 16.2. The molecule has 1 aromatic rings. The Morgan fingerprint density at radius 2 is 2.18 bits per heavy atom. The maximum absolute atomic E-state index is 12.2. The van der Waals surface area contributed by atoms with Crippen LogP contribution in [-0.4, -0.2) is 31.6 Å². The highest BCUT2D eigenvalue weighted by Crippen LogP contribution is 2.32. The van der Waals surface area contributed by atoms with E-state index in [0.717, 1.165) is 17.9 Å². The van der Waals surface area contributed by atoms with Crippen LogP contribution < -0.4 is 15.5 Å². The van der Waals surface area contributed by atoms with Gasteiger partial charge in [0.25, 0.3) is 0 Å². The van der Waals surface area contributed by atoms with Gasteiger partial charge in [-0.25, -0.2) is 0 Å². The average Bonchev–Trinajstić information content (AvgIpc) is 2.31. The first kappa shape index (κ1) is 11.9. The van der Waals surface area contributed by atoms with Gasteiger partial charge < -0.3 is 15.5 Å². The number of para-hydroxylation sites is 2. The molecule has 0 saturated heterocycles. The summed E-state index contributed by atoms with van der Waals surface area (Å²) in [6, 6.07) is 7.93. The Morgan fingerprint density at radius 1 is 1.47 bits per heavy atom. The largest absolute Gasteiger partial charge is 0.372 e. The van der Waals surface area contributed by atoms with Crippen molar-refractivity contribution in [1.82, 2.24) is 5.32 Å². The monoisotopic (exact) mass is 233 g/mol. The van der Waals surface area contributed by atoms with Gasteiger partial charge in [0, 0.05) is 12.6 Å². The second-order valence-electron chi connectivity index (χ2n) is 4.50. The Morgan fingerprint density at radius 3 is 2.88 bits per heavy atom. The van der Waals surface area contributed by atoms with Gasteiger partial charge in [-0.05, 0) is 33.0 Å². The van der Waals surface area contributed by atoms with Gasteiger partial charge in [-0.15, -0.1) is 0 Å². The smallest absolute Gasteiger partial charge is 0.249 e. The highest BCUT2D eigenvalue weighted by Gasteiger charge is 2.31. The Labute approximate surface area is 102 Å². The molecule has 2 rings (SSSR count). The second-order valence-corrected chi connectivity index (χ2v) is 4.50. The molecule has 1 amide bonds. The number of carbonyl (C=O) groups excluding carboxylic acids is 1. The third-order valence-electron chi connectivity index (χ3n) is 3.08. The van der Waals surface area contributed by atoms with Gasteiger partial charge in [0.2, 0.25) is 5.91 Å². The minimum Gasteiger partial charge on any atom is -0.372 e. The van der Waals surface area contributed by atoms with Crippen molar-refractivity contribution in [3.05, 3.63) is 24.3 Å². The first-order chi connectivity index (χ1) is 8.15. The van der Waals surface area contributed by atoms with Crippen LogP contribution >= 0.6 is 0 Å². The number of rotatable bonds is 3. The number of benzene rings is 1. The van der Waals surface area contributed by atoms with E-state index in [1.807, 2.05) is 43.1 Å². The van der Waals surface area contributed by atoms with E-state index in [2.05, 4.69) is 17.6 Å². The zero-order valence-corrected chi connectivity index (χ0v) is 10.5. The van der Waals surface area contributed by atoms with E-state index < -0.39 is 0 Å². The maximum Gasteiger partial charge on any atom is 0.249 e. The summed E-state index contributed by atoms with van der Waals surface area (Å²) in [6.07, 6.45) is 0. The molecular weight excluding hydrogens is 214 g/mol. The van der Waals surface area contributed by atoms with Crippen molar-refractivity contribution in [2.45, 2.75) is 25.9 Å². The van der Waals surface area contributed by atoms with Crippen molar-refractivity contribution in [3.63, 3.8) is 0 Å². The average molecular weight is 233 g/mol. The molecule has 0 aliphatic carbocycles. The van der Waals surface area contributed by atoms with Crippen LogP contribution in [0.3, 0.4) is 0 Å². The van der Waals surface area contributed by atoms with E-state index >= 15 is 0 Å². The third kappa shape index (κ3) is 2.13. The van der Waals surface area contributed by atoms with E-state index in [0.29, 0.717) is 0 Å². The van der Waals surface area contributed by atoms with Crippen LogP contribution in [0.1, 0.15) is 13.8 Å². The van der Waals surface area contributed by atoms with Crippen LogP contribution in [0.15, 0.2) is 24.3 Å². The molecule has 1 aliphatic heterocycles. The number of anilines is 2. The van der Waals surface area contributed by atoms with Crippen molar-refractivity contribution in [1.29, 1.82) is 0 Å². The van der Waals surface area contributed by atoms with Gasteiger partial charge in [0.05, 0.1) is 11.4 Å². The summed E-state index contributed by atoms with van der Waals surface area (Å²) in [5.74, 6) is 0.131. The highest BCUT2D eigenvalue weighted by molar-refractivity contribution is 6.05. The molecule has 0 bridgehead atoms. The molecule has 2 unspecified atom stereocenters. The molecular formula is C13H19N3O. The number of amides is 1. The summed E-state index contributed by atoms with van der Waals surface area (Å²) in [7, 11) is 1.90. The zero-order chi connectivity index (χ0) is 12.4. The normalized spacial score (nSPS) is 20.8. The van der Waals surface area contributed by atoms with Gasteiger partial charge in [0.15, 0.2) is 0 Å². The lowest BCUT2D eigenvalue weighted by molar-refractivity contribution is -0.119. The van der Waals surface area contributed by atoms with Crippen molar-refractivity contribution >= 4 is 17.3 Å². The minimum absolute atomic E-state index is 0.131. The fourth-order valence-electron chi connectivity index (χ4n) is 2.27. The Bertz CT molecular complexity index is 419. The molecule has 1 aromatic carbocycles. The third-order valence-corrected chi connectivity index (χ3v) is 3.08. The van der Waals surface area contributed by atoms with Crippen LogP contribution in [0.2, 0.25) is 0 Å². The predicted molar refractivity (Wildman–Crippen MR) is 70.4 cm³/mol. The van der Waals surface area contributed by atoms with Crippen LogP contribution in [0.25, 0.3) is 0 Å². The number of nitrogens with zero attached hydrogens (tertiary/aromatic N) is 1. The van der Waals surface area contributed by atoms with E-state index in [4.69, 9.17) is 0 Å².